The van der Waals surface area contributed by atoms with Crippen LogP contribution in [0.1, 0.15) is 43.0 Å². The number of benzene rings is 4. The summed E-state index contributed by atoms with van der Waals surface area (Å²) in [6, 6.07) is 26.8. The molecule has 0 saturated heterocycles. The van der Waals surface area contributed by atoms with Crippen LogP contribution in [0.3, 0.4) is 0 Å². The molecule has 0 aliphatic rings. The van der Waals surface area contributed by atoms with Crippen molar-refractivity contribution < 1.29 is 18.0 Å². The maximum atomic E-state index is 14.6. The molecule has 4 aromatic carbocycles. The smallest absolute Gasteiger partial charge is 0.264 e. The molecular weight excluding hydrogens is 641 g/mol. The lowest BCUT2D eigenvalue weighted by atomic mass is 10.0. The first-order chi connectivity index (χ1) is 21.7. The Kier molecular flexibility index (Phi) is 11.2. The van der Waals surface area contributed by atoms with Gasteiger partial charge in [0.2, 0.25) is 11.8 Å². The lowest BCUT2D eigenvalue weighted by molar-refractivity contribution is -0.140. The minimum absolute atomic E-state index is 0.0224. The Hall–Kier alpha value is -3.85. The van der Waals surface area contributed by atoms with E-state index in [1.807, 2.05) is 58.0 Å². The standard InChI is InChI=1S/C36H39Cl2N3O4S/c1-25-18-20-29(21-19-25)46(44,45)41(32-17-11-16-30(37)26(32)2)24-34(42)40(23-28-14-9-10-15-31(28)38)33(35(43)39-36(3,4)5)22-27-12-7-6-8-13-27/h6-21,33H,22-24H2,1-5H3,(H,39,43)/t33-/m1/s1. The maximum absolute atomic E-state index is 14.6. The van der Waals surface area contributed by atoms with E-state index < -0.39 is 34.1 Å². The second kappa shape index (κ2) is 14.7. The number of aryl methyl sites for hydroxylation is 1. The average Bonchev–Trinajstić information content (AvgIpc) is 3.00. The van der Waals surface area contributed by atoms with Gasteiger partial charge in [-0.15, -0.1) is 0 Å². The molecule has 0 spiro atoms. The van der Waals surface area contributed by atoms with Crippen molar-refractivity contribution >= 4 is 50.7 Å². The molecule has 0 aliphatic carbocycles. The molecule has 0 heterocycles. The monoisotopic (exact) mass is 679 g/mol. The molecule has 0 bridgehead atoms. The number of nitrogens with zero attached hydrogens (tertiary/aromatic N) is 2. The summed E-state index contributed by atoms with van der Waals surface area (Å²) in [6.07, 6.45) is 0.194. The molecule has 0 unspecified atom stereocenters. The van der Waals surface area contributed by atoms with Crippen LogP contribution in [0, 0.1) is 13.8 Å². The van der Waals surface area contributed by atoms with Crippen LogP contribution in [-0.2, 0) is 32.6 Å². The number of nitrogens with one attached hydrogen (secondary N) is 1. The number of rotatable bonds is 11. The third kappa shape index (κ3) is 8.69. The van der Waals surface area contributed by atoms with Crippen LogP contribution in [0.4, 0.5) is 5.69 Å². The van der Waals surface area contributed by atoms with E-state index in [0.29, 0.717) is 21.2 Å². The molecule has 7 nitrogen and oxygen atoms in total. The van der Waals surface area contributed by atoms with Crippen LogP contribution in [0.5, 0.6) is 0 Å². The van der Waals surface area contributed by atoms with Crippen LogP contribution in [-0.4, -0.2) is 43.3 Å². The van der Waals surface area contributed by atoms with E-state index in [1.54, 1.807) is 61.5 Å². The van der Waals surface area contributed by atoms with Gasteiger partial charge >= 0.3 is 0 Å². The summed E-state index contributed by atoms with van der Waals surface area (Å²) in [5.41, 5.74) is 2.51. The van der Waals surface area contributed by atoms with E-state index in [9.17, 15) is 18.0 Å². The molecule has 1 atom stereocenters. The van der Waals surface area contributed by atoms with E-state index >= 15 is 0 Å². The van der Waals surface area contributed by atoms with Crippen molar-refractivity contribution in [2.45, 2.75) is 64.1 Å². The predicted octanol–water partition coefficient (Wildman–Crippen LogP) is 7.36. The summed E-state index contributed by atoms with van der Waals surface area (Å²) in [5.74, 6) is -0.955. The number of hydrogen-bond donors (Lipinski definition) is 1. The first kappa shape index (κ1) is 35.0. The van der Waals surface area contributed by atoms with Crippen molar-refractivity contribution in [3.05, 3.63) is 129 Å². The second-order valence-corrected chi connectivity index (χ2v) is 14.9. The van der Waals surface area contributed by atoms with Gasteiger partial charge in [0, 0.05) is 28.5 Å². The van der Waals surface area contributed by atoms with Gasteiger partial charge in [-0.1, -0.05) is 95.5 Å². The van der Waals surface area contributed by atoms with E-state index in [1.165, 1.54) is 17.0 Å². The zero-order valence-corrected chi connectivity index (χ0v) is 29.0. The van der Waals surface area contributed by atoms with Crippen LogP contribution < -0.4 is 9.62 Å². The average molecular weight is 681 g/mol. The highest BCUT2D eigenvalue weighted by Gasteiger charge is 2.36. The molecule has 2 amide bonds. The molecule has 0 fully saturated rings. The van der Waals surface area contributed by atoms with Gasteiger partial charge in [-0.3, -0.25) is 13.9 Å². The minimum atomic E-state index is -4.25. The Balaban J connectivity index is 1.86. The Morgan fingerprint density at radius 2 is 1.41 bits per heavy atom. The maximum Gasteiger partial charge on any atom is 0.264 e. The topological polar surface area (TPSA) is 86.8 Å². The summed E-state index contributed by atoms with van der Waals surface area (Å²) in [4.78, 5) is 30.1. The van der Waals surface area contributed by atoms with Gasteiger partial charge in [0.25, 0.3) is 10.0 Å². The largest absolute Gasteiger partial charge is 0.350 e. The summed E-state index contributed by atoms with van der Waals surface area (Å²) in [6.45, 7) is 8.54. The summed E-state index contributed by atoms with van der Waals surface area (Å²) in [7, 11) is -4.25. The number of halogens is 2. The first-order valence-corrected chi connectivity index (χ1v) is 17.1. The number of sulfonamides is 1. The van der Waals surface area contributed by atoms with E-state index in [-0.39, 0.29) is 29.5 Å². The Morgan fingerprint density at radius 1 is 0.804 bits per heavy atom. The molecule has 10 heteroatoms. The van der Waals surface area contributed by atoms with Crippen molar-refractivity contribution in [3.63, 3.8) is 0 Å². The molecule has 1 N–H and O–H groups in total. The zero-order chi connectivity index (χ0) is 33.6. The highest BCUT2D eigenvalue weighted by Crippen LogP contribution is 2.32. The summed E-state index contributed by atoms with van der Waals surface area (Å²) < 4.78 is 29.6. The molecule has 46 heavy (non-hydrogen) atoms. The Morgan fingerprint density at radius 3 is 2.04 bits per heavy atom. The van der Waals surface area contributed by atoms with Gasteiger partial charge in [0.05, 0.1) is 10.6 Å². The number of carbonyl (C=O) groups is 2. The molecule has 0 saturated carbocycles. The van der Waals surface area contributed by atoms with Crippen molar-refractivity contribution in [1.82, 2.24) is 10.2 Å². The zero-order valence-electron chi connectivity index (χ0n) is 26.6. The third-order valence-electron chi connectivity index (χ3n) is 7.46. The fraction of sp³-hybridized carbons (Fsp3) is 0.278. The SMILES string of the molecule is Cc1ccc(S(=O)(=O)N(CC(=O)N(Cc2ccccc2Cl)[C@H](Cc2ccccc2)C(=O)NC(C)(C)C)c2cccc(Cl)c2C)cc1. The van der Waals surface area contributed by atoms with Crippen LogP contribution in [0.2, 0.25) is 10.0 Å². The summed E-state index contributed by atoms with van der Waals surface area (Å²) >= 11 is 13.0. The number of anilines is 1. The van der Waals surface area contributed by atoms with Crippen molar-refractivity contribution in [3.8, 4) is 0 Å². The molecule has 242 valence electrons. The first-order valence-electron chi connectivity index (χ1n) is 14.9. The molecule has 0 aliphatic heterocycles. The van der Waals surface area contributed by atoms with E-state index in [4.69, 9.17) is 23.2 Å². The quantitative estimate of drug-likeness (QED) is 0.179. The van der Waals surface area contributed by atoms with Crippen molar-refractivity contribution in [2.75, 3.05) is 10.8 Å². The second-order valence-electron chi connectivity index (χ2n) is 12.3. The molecule has 4 rings (SSSR count). The lowest BCUT2D eigenvalue weighted by Crippen LogP contribution is -2.56. The molecule has 0 radical (unpaired) electrons. The van der Waals surface area contributed by atoms with E-state index in [2.05, 4.69) is 5.32 Å². The molecule has 4 aromatic rings. The fourth-order valence-corrected chi connectivity index (χ4v) is 6.87. The van der Waals surface area contributed by atoms with Gasteiger partial charge in [0.1, 0.15) is 12.6 Å². The fourth-order valence-electron chi connectivity index (χ4n) is 5.03. The van der Waals surface area contributed by atoms with Crippen molar-refractivity contribution in [2.24, 2.45) is 0 Å². The Labute approximate surface area is 282 Å². The van der Waals surface area contributed by atoms with Gasteiger partial charge in [-0.05, 0) is 81.6 Å². The lowest BCUT2D eigenvalue weighted by Gasteiger charge is -2.35. The summed E-state index contributed by atoms with van der Waals surface area (Å²) in [5, 5.41) is 3.80. The van der Waals surface area contributed by atoms with Crippen LogP contribution in [0.25, 0.3) is 0 Å². The van der Waals surface area contributed by atoms with Crippen LogP contribution >= 0.6 is 23.2 Å². The Bertz CT molecular complexity index is 1790. The normalized spacial score (nSPS) is 12.3. The van der Waals surface area contributed by atoms with E-state index in [0.717, 1.165) is 15.4 Å². The third-order valence-corrected chi connectivity index (χ3v) is 10.0. The molecular formula is C36H39Cl2N3O4S. The number of amides is 2. The predicted molar refractivity (Wildman–Crippen MR) is 186 cm³/mol. The van der Waals surface area contributed by atoms with Gasteiger partial charge < -0.3 is 10.2 Å². The number of carbonyl (C=O) groups excluding carboxylic acids is 2. The highest BCUT2D eigenvalue weighted by atomic mass is 35.5. The highest BCUT2D eigenvalue weighted by molar-refractivity contribution is 7.92. The van der Waals surface area contributed by atoms with Crippen molar-refractivity contribution in [1.29, 1.82) is 0 Å². The molecule has 0 aromatic heterocycles. The minimum Gasteiger partial charge on any atom is -0.350 e. The number of hydrogen-bond acceptors (Lipinski definition) is 4. The van der Waals surface area contributed by atoms with Gasteiger partial charge in [-0.2, -0.15) is 0 Å². The van der Waals surface area contributed by atoms with Gasteiger partial charge in [-0.25, -0.2) is 8.42 Å². The van der Waals surface area contributed by atoms with Crippen LogP contribution in [0.15, 0.2) is 102 Å². The van der Waals surface area contributed by atoms with Gasteiger partial charge in [0.15, 0.2) is 0 Å².